The normalized spacial score (nSPS) is 15.3. The minimum Gasteiger partial charge on any atom is -0.489 e. The Morgan fingerprint density at radius 2 is 1.61 bits per heavy atom. The van der Waals surface area contributed by atoms with Gasteiger partial charge in [-0.05, 0) is 55.6 Å². The van der Waals surface area contributed by atoms with Gasteiger partial charge < -0.3 is 14.8 Å². The van der Waals surface area contributed by atoms with Crippen molar-refractivity contribution in [3.05, 3.63) is 47.8 Å². The molecule has 172 valence electrons. The molecule has 3 rings (SSSR count). The number of ether oxygens (including phenoxy) is 2. The smallest absolute Gasteiger partial charge is 0.489 e. The van der Waals surface area contributed by atoms with Crippen molar-refractivity contribution in [1.82, 2.24) is 5.32 Å². The maximum atomic E-state index is 14.5. The number of piperidine rings is 1. The second kappa shape index (κ2) is 9.95. The van der Waals surface area contributed by atoms with Gasteiger partial charge in [-0.3, -0.25) is 0 Å². The van der Waals surface area contributed by atoms with Gasteiger partial charge in [0.1, 0.15) is 5.82 Å². The molecule has 3 nitrogen and oxygen atoms in total. The van der Waals surface area contributed by atoms with Crippen molar-refractivity contribution >= 4 is 12.4 Å². The second-order valence-electron chi connectivity index (χ2n) is 6.88. The first-order valence-electron chi connectivity index (χ1n) is 9.14. The van der Waals surface area contributed by atoms with Crippen LogP contribution in [0.25, 0.3) is 11.1 Å². The molecule has 0 bridgehead atoms. The fourth-order valence-electron chi connectivity index (χ4n) is 3.23. The van der Waals surface area contributed by atoms with Gasteiger partial charge in [-0.15, -0.1) is 25.6 Å². The third-order valence-electron chi connectivity index (χ3n) is 4.72. The van der Waals surface area contributed by atoms with Crippen molar-refractivity contribution in [2.45, 2.75) is 25.4 Å². The van der Waals surface area contributed by atoms with Crippen LogP contribution in [0.1, 0.15) is 18.4 Å². The molecule has 1 aliphatic rings. The highest BCUT2D eigenvalue weighted by Crippen LogP contribution is 2.39. The predicted octanol–water partition coefficient (Wildman–Crippen LogP) is 6.21. The van der Waals surface area contributed by atoms with Crippen molar-refractivity contribution in [2.75, 3.05) is 19.7 Å². The lowest BCUT2D eigenvalue weighted by molar-refractivity contribution is -0.275. The molecule has 0 unspecified atom stereocenters. The minimum absolute atomic E-state index is 0. The number of nitrogens with one attached hydrogen (secondary N) is 1. The van der Waals surface area contributed by atoms with Gasteiger partial charge in [0.05, 0.1) is 12.2 Å². The monoisotopic (exact) mass is 473 g/mol. The summed E-state index contributed by atoms with van der Waals surface area (Å²) in [6, 6.07) is 5.74. The van der Waals surface area contributed by atoms with Crippen LogP contribution in [0.15, 0.2) is 36.4 Å². The lowest BCUT2D eigenvalue weighted by Crippen LogP contribution is -2.30. The summed E-state index contributed by atoms with van der Waals surface area (Å²) in [6.07, 6.45) is -8.38. The largest absolute Gasteiger partial charge is 0.573 e. The first-order valence-corrected chi connectivity index (χ1v) is 9.14. The lowest BCUT2D eigenvalue weighted by atomic mass is 9.99. The third-order valence-corrected chi connectivity index (χ3v) is 4.72. The summed E-state index contributed by atoms with van der Waals surface area (Å²) in [7, 11) is 0. The zero-order valence-corrected chi connectivity index (χ0v) is 16.8. The molecule has 11 heteroatoms. The van der Waals surface area contributed by atoms with E-state index in [0.29, 0.717) is 6.07 Å². The fourth-order valence-corrected chi connectivity index (χ4v) is 3.23. The quantitative estimate of drug-likeness (QED) is 0.524. The highest BCUT2D eigenvalue weighted by atomic mass is 35.5. The molecule has 1 N–H and O–H groups in total. The Morgan fingerprint density at radius 1 is 0.935 bits per heavy atom. The maximum absolute atomic E-state index is 14.5. The van der Waals surface area contributed by atoms with E-state index in [0.717, 1.165) is 56.3 Å². The van der Waals surface area contributed by atoms with Crippen LogP contribution in [0.2, 0.25) is 0 Å². The van der Waals surface area contributed by atoms with Gasteiger partial charge in [-0.25, -0.2) is 4.39 Å². The van der Waals surface area contributed by atoms with Crippen LogP contribution in [0.5, 0.6) is 11.5 Å². The van der Waals surface area contributed by atoms with Crippen molar-refractivity contribution in [3.63, 3.8) is 0 Å². The Labute approximate surface area is 179 Å². The van der Waals surface area contributed by atoms with E-state index in [2.05, 4.69) is 10.1 Å². The molecule has 0 aromatic heterocycles. The van der Waals surface area contributed by atoms with E-state index in [1.807, 2.05) is 0 Å². The van der Waals surface area contributed by atoms with Crippen molar-refractivity contribution in [1.29, 1.82) is 0 Å². The molecule has 1 saturated heterocycles. The molecule has 0 radical (unpaired) electrons. The lowest BCUT2D eigenvalue weighted by Gasteiger charge is -2.23. The molecule has 1 fully saturated rings. The number of halogens is 8. The molecule has 1 heterocycles. The molecule has 0 spiro atoms. The SMILES string of the molecule is Cl.Fc1c(-c2ccc(OC(F)(F)F)c(OCC3CCNCC3)c2)cccc1C(F)(F)F. The molecule has 0 saturated carbocycles. The summed E-state index contributed by atoms with van der Waals surface area (Å²) in [6.45, 7) is 1.59. The molecule has 1 aliphatic heterocycles. The number of hydrogen-bond donors (Lipinski definition) is 1. The first-order chi connectivity index (χ1) is 14.0. The second-order valence-corrected chi connectivity index (χ2v) is 6.88. The summed E-state index contributed by atoms with van der Waals surface area (Å²) in [5, 5.41) is 3.15. The topological polar surface area (TPSA) is 30.5 Å². The Morgan fingerprint density at radius 3 is 2.23 bits per heavy atom. The van der Waals surface area contributed by atoms with Crippen LogP contribution in [-0.4, -0.2) is 26.1 Å². The molecule has 2 aromatic rings. The van der Waals surface area contributed by atoms with Crippen LogP contribution in [0.4, 0.5) is 30.7 Å². The number of alkyl halides is 6. The molecule has 0 aliphatic carbocycles. The van der Waals surface area contributed by atoms with E-state index in [4.69, 9.17) is 4.74 Å². The van der Waals surface area contributed by atoms with Gasteiger partial charge in [0, 0.05) is 5.56 Å². The minimum atomic E-state index is -4.99. The van der Waals surface area contributed by atoms with E-state index in [1.54, 1.807) is 0 Å². The highest BCUT2D eigenvalue weighted by molar-refractivity contribution is 5.85. The van der Waals surface area contributed by atoms with E-state index < -0.39 is 35.2 Å². The van der Waals surface area contributed by atoms with Gasteiger partial charge in [0.2, 0.25) is 0 Å². The van der Waals surface area contributed by atoms with Crippen LogP contribution in [0, 0.1) is 11.7 Å². The van der Waals surface area contributed by atoms with Gasteiger partial charge in [-0.2, -0.15) is 13.2 Å². The van der Waals surface area contributed by atoms with Crippen molar-refractivity contribution in [2.24, 2.45) is 5.92 Å². The highest BCUT2D eigenvalue weighted by Gasteiger charge is 2.35. The van der Waals surface area contributed by atoms with E-state index in [1.165, 1.54) is 0 Å². The molecular weight excluding hydrogens is 455 g/mol. The summed E-state index contributed by atoms with van der Waals surface area (Å²) in [5.41, 5.74) is -1.93. The Hall–Kier alpha value is -2.20. The predicted molar refractivity (Wildman–Crippen MR) is 102 cm³/mol. The van der Waals surface area contributed by atoms with E-state index >= 15 is 0 Å². The van der Waals surface area contributed by atoms with Gasteiger partial charge >= 0.3 is 12.5 Å². The zero-order chi connectivity index (χ0) is 21.9. The summed E-state index contributed by atoms with van der Waals surface area (Å²) in [4.78, 5) is 0. The molecule has 0 atom stereocenters. The zero-order valence-electron chi connectivity index (χ0n) is 15.9. The number of hydrogen-bond acceptors (Lipinski definition) is 3. The maximum Gasteiger partial charge on any atom is 0.573 e. The Balaban J connectivity index is 0.00000341. The van der Waals surface area contributed by atoms with E-state index in [9.17, 15) is 30.7 Å². The molecule has 31 heavy (non-hydrogen) atoms. The molecular formula is C20H19ClF7NO2. The van der Waals surface area contributed by atoms with Crippen LogP contribution < -0.4 is 14.8 Å². The standard InChI is InChI=1S/C20H18F7NO2.ClH/c21-18-14(2-1-3-15(18)19(22,23)24)13-4-5-16(30-20(25,26)27)17(10-13)29-11-12-6-8-28-9-7-12;/h1-5,10,12,28H,6-9,11H2;1H. The van der Waals surface area contributed by atoms with Gasteiger partial charge in [0.15, 0.2) is 11.5 Å². The third kappa shape index (κ3) is 6.64. The van der Waals surface area contributed by atoms with Gasteiger partial charge in [-0.1, -0.05) is 18.2 Å². The average molecular weight is 474 g/mol. The van der Waals surface area contributed by atoms with Crippen LogP contribution in [-0.2, 0) is 6.18 Å². The number of benzene rings is 2. The number of rotatable bonds is 5. The average Bonchev–Trinajstić information content (AvgIpc) is 2.66. The van der Waals surface area contributed by atoms with Crippen LogP contribution >= 0.6 is 12.4 Å². The Kier molecular flexibility index (Phi) is 8.04. The fraction of sp³-hybridized carbons (Fsp3) is 0.400. The summed E-state index contributed by atoms with van der Waals surface area (Å²) < 4.78 is 101. The first kappa shape index (κ1) is 25.1. The Bertz CT molecular complexity index is 881. The van der Waals surface area contributed by atoms with Crippen molar-refractivity contribution < 1.29 is 40.2 Å². The molecule has 0 amide bonds. The molecule has 2 aromatic carbocycles. The van der Waals surface area contributed by atoms with Gasteiger partial charge in [0.25, 0.3) is 0 Å². The van der Waals surface area contributed by atoms with Crippen LogP contribution in [0.3, 0.4) is 0 Å². The van der Waals surface area contributed by atoms with E-state index in [-0.39, 0.29) is 36.2 Å². The summed E-state index contributed by atoms with van der Waals surface area (Å²) in [5.74, 6) is -2.38. The summed E-state index contributed by atoms with van der Waals surface area (Å²) >= 11 is 0. The van der Waals surface area contributed by atoms with Crippen molar-refractivity contribution in [3.8, 4) is 22.6 Å².